The minimum Gasteiger partial charge on any atom is -0.469 e. The lowest BCUT2D eigenvalue weighted by Gasteiger charge is -2.36. The van der Waals surface area contributed by atoms with E-state index in [9.17, 15) is 4.79 Å². The predicted octanol–water partition coefficient (Wildman–Crippen LogP) is 0.416. The van der Waals surface area contributed by atoms with Crippen molar-refractivity contribution in [2.75, 3.05) is 18.6 Å². The van der Waals surface area contributed by atoms with Crippen LogP contribution in [-0.4, -0.2) is 30.1 Å². The fraction of sp³-hybridized carbons (Fsp3) is 0.833. The summed E-state index contributed by atoms with van der Waals surface area (Å²) in [7, 11) is 1.39. The van der Waals surface area contributed by atoms with E-state index < -0.39 is 0 Å². The average molecular weight is 198 g/mol. The first-order valence-corrected chi connectivity index (χ1v) is 4.25. The van der Waals surface area contributed by atoms with E-state index in [4.69, 9.17) is 5.73 Å². The van der Waals surface area contributed by atoms with Gasteiger partial charge in [-0.05, 0) is 0 Å². The Hall–Kier alpha value is 0.0700. The SMILES string of the molecule is COC(=O)CC1(N)CSC1.Cl. The molecule has 0 radical (unpaired) electrons. The van der Waals surface area contributed by atoms with Gasteiger partial charge in [-0.15, -0.1) is 12.4 Å². The molecule has 0 aromatic heterocycles. The second-order valence-electron chi connectivity index (χ2n) is 2.61. The van der Waals surface area contributed by atoms with E-state index in [1.54, 1.807) is 11.8 Å². The van der Waals surface area contributed by atoms with Crippen LogP contribution in [0, 0.1) is 0 Å². The molecule has 1 aliphatic rings. The Balaban J connectivity index is 0.000001000. The van der Waals surface area contributed by atoms with Crippen LogP contribution < -0.4 is 5.73 Å². The van der Waals surface area contributed by atoms with E-state index in [0.29, 0.717) is 6.42 Å². The zero-order valence-electron chi connectivity index (χ0n) is 6.33. The van der Waals surface area contributed by atoms with Gasteiger partial charge in [-0.25, -0.2) is 0 Å². The van der Waals surface area contributed by atoms with Crippen LogP contribution in [0.1, 0.15) is 6.42 Å². The van der Waals surface area contributed by atoms with Gasteiger partial charge in [0.05, 0.1) is 13.5 Å². The van der Waals surface area contributed by atoms with E-state index in [0.717, 1.165) is 11.5 Å². The molecule has 0 aromatic carbocycles. The van der Waals surface area contributed by atoms with Crippen molar-refractivity contribution in [3.8, 4) is 0 Å². The second kappa shape index (κ2) is 4.18. The average Bonchev–Trinajstić information content (AvgIpc) is 1.84. The summed E-state index contributed by atoms with van der Waals surface area (Å²) < 4.78 is 4.49. The van der Waals surface area contributed by atoms with E-state index in [-0.39, 0.29) is 23.9 Å². The van der Waals surface area contributed by atoms with Crippen molar-refractivity contribution in [2.24, 2.45) is 5.73 Å². The van der Waals surface area contributed by atoms with Crippen molar-refractivity contribution >= 4 is 30.1 Å². The van der Waals surface area contributed by atoms with Gasteiger partial charge >= 0.3 is 5.97 Å². The van der Waals surface area contributed by atoms with Crippen LogP contribution in [0.5, 0.6) is 0 Å². The highest BCUT2D eigenvalue weighted by Gasteiger charge is 2.35. The maximum atomic E-state index is 10.7. The number of methoxy groups -OCH3 is 1. The van der Waals surface area contributed by atoms with Gasteiger partial charge < -0.3 is 10.5 Å². The topological polar surface area (TPSA) is 52.3 Å². The fourth-order valence-electron chi connectivity index (χ4n) is 0.826. The van der Waals surface area contributed by atoms with Gasteiger partial charge in [-0.2, -0.15) is 11.8 Å². The fourth-order valence-corrected chi connectivity index (χ4v) is 1.76. The number of halogens is 1. The molecule has 0 saturated carbocycles. The number of rotatable bonds is 2. The molecule has 2 N–H and O–H groups in total. The van der Waals surface area contributed by atoms with Gasteiger partial charge in [0.2, 0.25) is 0 Å². The molecule has 3 nitrogen and oxygen atoms in total. The van der Waals surface area contributed by atoms with Gasteiger partial charge in [-0.1, -0.05) is 0 Å². The van der Waals surface area contributed by atoms with Gasteiger partial charge in [0.1, 0.15) is 0 Å². The maximum Gasteiger partial charge on any atom is 0.307 e. The number of esters is 1. The third-order valence-electron chi connectivity index (χ3n) is 1.50. The van der Waals surface area contributed by atoms with Crippen LogP contribution >= 0.6 is 24.2 Å². The highest BCUT2D eigenvalue weighted by atomic mass is 35.5. The molecule has 1 fully saturated rings. The van der Waals surface area contributed by atoms with Crippen molar-refractivity contribution in [1.82, 2.24) is 0 Å². The Labute approximate surface area is 76.4 Å². The quantitative estimate of drug-likeness (QED) is 0.652. The first-order chi connectivity index (χ1) is 4.66. The molecule has 0 atom stereocenters. The van der Waals surface area contributed by atoms with E-state index in [1.165, 1.54) is 7.11 Å². The number of hydrogen-bond acceptors (Lipinski definition) is 4. The summed E-state index contributed by atoms with van der Waals surface area (Å²) >= 11 is 1.76. The van der Waals surface area contributed by atoms with Crippen LogP contribution in [0.4, 0.5) is 0 Å². The minimum atomic E-state index is -0.266. The monoisotopic (exact) mass is 197 g/mol. The van der Waals surface area contributed by atoms with Crippen molar-refractivity contribution in [3.63, 3.8) is 0 Å². The Morgan fingerprint density at radius 3 is 2.55 bits per heavy atom. The summed E-state index contributed by atoms with van der Waals surface area (Å²) in [5.41, 5.74) is 5.49. The van der Waals surface area contributed by atoms with Crippen LogP contribution in [0.2, 0.25) is 0 Å². The molecule has 0 aliphatic carbocycles. The Kier molecular flexibility index (Phi) is 4.21. The molecule has 0 spiro atoms. The first-order valence-electron chi connectivity index (χ1n) is 3.10. The molecule has 1 heterocycles. The number of nitrogens with two attached hydrogens (primary N) is 1. The summed E-state index contributed by atoms with van der Waals surface area (Å²) in [4.78, 5) is 10.7. The van der Waals surface area contributed by atoms with Gasteiger partial charge in [0.25, 0.3) is 0 Å². The van der Waals surface area contributed by atoms with Crippen LogP contribution in [-0.2, 0) is 9.53 Å². The summed E-state index contributed by atoms with van der Waals surface area (Å²) in [5, 5.41) is 0. The summed E-state index contributed by atoms with van der Waals surface area (Å²) in [6, 6.07) is 0. The number of thioether (sulfide) groups is 1. The Morgan fingerprint density at radius 2 is 2.27 bits per heavy atom. The van der Waals surface area contributed by atoms with E-state index in [1.807, 2.05) is 0 Å². The Morgan fingerprint density at radius 1 is 1.73 bits per heavy atom. The van der Waals surface area contributed by atoms with Crippen LogP contribution in [0.15, 0.2) is 0 Å². The molecule has 0 unspecified atom stereocenters. The smallest absolute Gasteiger partial charge is 0.307 e. The van der Waals surface area contributed by atoms with Crippen molar-refractivity contribution in [1.29, 1.82) is 0 Å². The van der Waals surface area contributed by atoms with Gasteiger partial charge in [0, 0.05) is 17.0 Å². The summed E-state index contributed by atoms with van der Waals surface area (Å²) in [6.45, 7) is 0. The number of hydrogen-bond donors (Lipinski definition) is 1. The van der Waals surface area contributed by atoms with Gasteiger partial charge in [0.15, 0.2) is 0 Å². The first kappa shape index (κ1) is 11.1. The highest BCUT2D eigenvalue weighted by molar-refractivity contribution is 8.00. The molecule has 1 saturated heterocycles. The number of carbonyl (C=O) groups excluding carboxylic acids is 1. The molecule has 1 rings (SSSR count). The highest BCUT2D eigenvalue weighted by Crippen LogP contribution is 2.29. The van der Waals surface area contributed by atoms with Crippen LogP contribution in [0.25, 0.3) is 0 Å². The normalized spacial score (nSPS) is 19.5. The third kappa shape index (κ3) is 2.89. The molecular formula is C6H12ClNO2S. The zero-order valence-corrected chi connectivity index (χ0v) is 7.96. The third-order valence-corrected chi connectivity index (χ3v) is 3.06. The van der Waals surface area contributed by atoms with Crippen molar-refractivity contribution in [2.45, 2.75) is 12.0 Å². The molecule has 0 aromatic rings. The summed E-state index contributed by atoms with van der Waals surface area (Å²) in [6.07, 6.45) is 0.358. The van der Waals surface area contributed by atoms with E-state index >= 15 is 0 Å². The second-order valence-corrected chi connectivity index (χ2v) is 3.59. The van der Waals surface area contributed by atoms with E-state index in [2.05, 4.69) is 4.74 Å². The molecule has 5 heteroatoms. The lowest BCUT2D eigenvalue weighted by molar-refractivity contribution is -0.141. The van der Waals surface area contributed by atoms with Crippen molar-refractivity contribution in [3.05, 3.63) is 0 Å². The van der Waals surface area contributed by atoms with Gasteiger partial charge in [-0.3, -0.25) is 4.79 Å². The lowest BCUT2D eigenvalue weighted by atomic mass is 10.0. The standard InChI is InChI=1S/C6H11NO2S.ClH/c1-9-5(8)2-6(7)3-10-4-6;/h2-4,7H2,1H3;1H. The molecular weight excluding hydrogens is 186 g/mol. The zero-order chi connectivity index (χ0) is 7.61. The number of carbonyl (C=O) groups is 1. The molecule has 1 aliphatic heterocycles. The predicted molar refractivity (Wildman–Crippen MR) is 48.1 cm³/mol. The minimum absolute atomic E-state index is 0. The molecule has 0 bridgehead atoms. The van der Waals surface area contributed by atoms with Crippen LogP contribution in [0.3, 0.4) is 0 Å². The Bertz CT molecular complexity index is 150. The molecule has 66 valence electrons. The summed E-state index contributed by atoms with van der Waals surface area (Å²) in [5.74, 6) is 1.55. The lowest BCUT2D eigenvalue weighted by Crippen LogP contribution is -2.53. The maximum absolute atomic E-state index is 10.7. The molecule has 11 heavy (non-hydrogen) atoms. The molecule has 0 amide bonds. The largest absolute Gasteiger partial charge is 0.469 e. The van der Waals surface area contributed by atoms with Crippen molar-refractivity contribution < 1.29 is 9.53 Å². The number of ether oxygens (including phenoxy) is 1.